The number of fused-ring (bicyclic) bond motifs is 5. The minimum absolute atomic E-state index is 0.370. The van der Waals surface area contributed by atoms with Gasteiger partial charge in [0.2, 0.25) is 0 Å². The molecule has 2 aliphatic rings. The summed E-state index contributed by atoms with van der Waals surface area (Å²) < 4.78 is 18.2. The van der Waals surface area contributed by atoms with E-state index in [4.69, 9.17) is 14.2 Å². The molecule has 3 aromatic carbocycles. The SMILES string of the molecule is COC(=O)[C@]12c3cc(OCc4ccccc4)ccc3O[C@H]1Nc1c(Br)cccc12. The number of carbonyl (C=O) groups is 1. The normalized spacial score (nSPS) is 20.7. The van der Waals surface area contributed by atoms with Gasteiger partial charge in [-0.2, -0.15) is 0 Å². The predicted octanol–water partition coefficient (Wildman–Crippen LogP) is 4.63. The summed E-state index contributed by atoms with van der Waals surface area (Å²) in [5, 5.41) is 3.33. The van der Waals surface area contributed by atoms with Gasteiger partial charge in [0.05, 0.1) is 12.8 Å². The van der Waals surface area contributed by atoms with E-state index >= 15 is 0 Å². The Morgan fingerprint density at radius 3 is 2.72 bits per heavy atom. The zero-order valence-corrected chi connectivity index (χ0v) is 17.2. The maximum atomic E-state index is 13.1. The summed E-state index contributed by atoms with van der Waals surface area (Å²) in [6.45, 7) is 0.440. The van der Waals surface area contributed by atoms with Crippen LogP contribution in [-0.2, 0) is 21.6 Å². The van der Waals surface area contributed by atoms with Crippen molar-refractivity contribution in [2.24, 2.45) is 0 Å². The third-order valence-electron chi connectivity index (χ3n) is 5.48. The van der Waals surface area contributed by atoms with Crippen LogP contribution in [0, 0.1) is 0 Å². The molecule has 29 heavy (non-hydrogen) atoms. The van der Waals surface area contributed by atoms with Crippen molar-refractivity contribution in [2.45, 2.75) is 18.2 Å². The van der Waals surface area contributed by atoms with E-state index in [0.29, 0.717) is 18.1 Å². The Morgan fingerprint density at radius 2 is 1.93 bits per heavy atom. The minimum Gasteiger partial charge on any atom is -0.489 e. The summed E-state index contributed by atoms with van der Waals surface area (Å²) in [7, 11) is 1.40. The lowest BCUT2D eigenvalue weighted by atomic mass is 9.75. The molecule has 5 rings (SSSR count). The van der Waals surface area contributed by atoms with Gasteiger partial charge in [0.15, 0.2) is 11.6 Å². The van der Waals surface area contributed by atoms with Crippen LogP contribution in [0.5, 0.6) is 11.5 Å². The number of carbonyl (C=O) groups excluding carboxylic acids is 1. The summed E-state index contributed by atoms with van der Waals surface area (Å²) >= 11 is 3.56. The van der Waals surface area contributed by atoms with E-state index in [1.165, 1.54) is 7.11 Å². The highest BCUT2D eigenvalue weighted by molar-refractivity contribution is 9.10. The molecule has 5 nitrogen and oxygen atoms in total. The van der Waals surface area contributed by atoms with Gasteiger partial charge in [-0.25, -0.2) is 0 Å². The van der Waals surface area contributed by atoms with Crippen molar-refractivity contribution < 1.29 is 19.0 Å². The van der Waals surface area contributed by atoms with E-state index in [9.17, 15) is 4.79 Å². The van der Waals surface area contributed by atoms with Crippen LogP contribution in [0.1, 0.15) is 16.7 Å². The lowest BCUT2D eigenvalue weighted by Gasteiger charge is -2.25. The van der Waals surface area contributed by atoms with Crippen LogP contribution in [0.15, 0.2) is 71.2 Å². The Hall–Kier alpha value is -2.99. The van der Waals surface area contributed by atoms with Crippen LogP contribution in [0.4, 0.5) is 5.69 Å². The molecule has 2 heterocycles. The fraction of sp³-hybridized carbons (Fsp3) is 0.174. The van der Waals surface area contributed by atoms with Gasteiger partial charge >= 0.3 is 5.97 Å². The van der Waals surface area contributed by atoms with Gasteiger partial charge in [-0.15, -0.1) is 0 Å². The molecule has 2 aliphatic heterocycles. The number of methoxy groups -OCH3 is 1. The van der Waals surface area contributed by atoms with Crippen LogP contribution >= 0.6 is 15.9 Å². The van der Waals surface area contributed by atoms with Gasteiger partial charge in [0, 0.05) is 15.6 Å². The number of hydrogen-bond donors (Lipinski definition) is 1. The molecule has 0 radical (unpaired) electrons. The number of hydrogen-bond acceptors (Lipinski definition) is 5. The van der Waals surface area contributed by atoms with Crippen LogP contribution in [0.3, 0.4) is 0 Å². The number of nitrogens with one attached hydrogen (secondary N) is 1. The Balaban J connectivity index is 1.59. The molecule has 0 fully saturated rings. The fourth-order valence-electron chi connectivity index (χ4n) is 4.15. The highest BCUT2D eigenvalue weighted by atomic mass is 79.9. The predicted molar refractivity (Wildman–Crippen MR) is 112 cm³/mol. The van der Waals surface area contributed by atoms with Gasteiger partial charge in [-0.1, -0.05) is 42.5 Å². The second kappa shape index (κ2) is 6.81. The number of halogens is 1. The molecule has 0 aliphatic carbocycles. The molecule has 1 N–H and O–H groups in total. The molecule has 0 amide bonds. The standard InChI is InChI=1S/C23H18BrNO4/c1-27-22(26)23-16-8-5-9-18(24)20(16)25-21(23)29-19-11-10-15(12-17(19)23)28-13-14-6-3-2-4-7-14/h2-12,21,25H,13H2,1H3/t21-,23-/m1/s1. The molecule has 146 valence electrons. The van der Waals surface area contributed by atoms with Gasteiger partial charge in [0.1, 0.15) is 18.1 Å². The Morgan fingerprint density at radius 1 is 1.10 bits per heavy atom. The van der Waals surface area contributed by atoms with Gasteiger partial charge in [0.25, 0.3) is 0 Å². The quantitative estimate of drug-likeness (QED) is 0.585. The van der Waals surface area contributed by atoms with Gasteiger partial charge < -0.3 is 19.5 Å². The smallest absolute Gasteiger partial charge is 0.326 e. The van der Waals surface area contributed by atoms with Crippen molar-refractivity contribution in [3.63, 3.8) is 0 Å². The zero-order valence-electron chi connectivity index (χ0n) is 15.6. The van der Waals surface area contributed by atoms with Crippen molar-refractivity contribution in [2.75, 3.05) is 12.4 Å². The van der Waals surface area contributed by atoms with Crippen molar-refractivity contribution in [1.82, 2.24) is 0 Å². The molecule has 0 unspecified atom stereocenters. The lowest BCUT2D eigenvalue weighted by molar-refractivity contribution is -0.147. The summed E-state index contributed by atoms with van der Waals surface area (Å²) in [5.41, 5.74) is 2.38. The topological polar surface area (TPSA) is 56.8 Å². The summed E-state index contributed by atoms with van der Waals surface area (Å²) in [6, 6.07) is 21.3. The average Bonchev–Trinajstić information content (AvgIpc) is 3.25. The fourth-order valence-corrected chi connectivity index (χ4v) is 4.63. The van der Waals surface area contributed by atoms with E-state index in [0.717, 1.165) is 26.9 Å². The Kier molecular flexibility index (Phi) is 4.24. The summed E-state index contributed by atoms with van der Waals surface area (Å²) in [5.74, 6) is 0.944. The average molecular weight is 452 g/mol. The minimum atomic E-state index is -1.09. The molecule has 6 heteroatoms. The number of para-hydroxylation sites is 1. The highest BCUT2D eigenvalue weighted by Crippen LogP contribution is 2.56. The first-order chi connectivity index (χ1) is 14.1. The zero-order chi connectivity index (χ0) is 20.0. The molecular weight excluding hydrogens is 434 g/mol. The maximum absolute atomic E-state index is 13.1. The Bertz CT molecular complexity index is 1100. The number of esters is 1. The molecule has 0 spiro atoms. The third-order valence-corrected chi connectivity index (χ3v) is 6.14. The molecule has 0 bridgehead atoms. The molecule has 0 saturated carbocycles. The number of benzene rings is 3. The van der Waals surface area contributed by atoms with E-state index < -0.39 is 11.6 Å². The van der Waals surface area contributed by atoms with Crippen LogP contribution < -0.4 is 14.8 Å². The molecule has 3 aromatic rings. The summed E-state index contributed by atoms with van der Waals surface area (Å²) in [6.07, 6.45) is -0.581. The van der Waals surface area contributed by atoms with E-state index in [1.54, 1.807) is 0 Å². The second-order valence-electron chi connectivity index (χ2n) is 7.04. The first-order valence-corrected chi connectivity index (χ1v) is 10.1. The maximum Gasteiger partial charge on any atom is 0.326 e. The molecule has 0 aromatic heterocycles. The number of anilines is 1. The van der Waals surface area contributed by atoms with Crippen molar-refractivity contribution >= 4 is 27.6 Å². The van der Waals surface area contributed by atoms with Gasteiger partial charge in [-0.05, 0) is 45.8 Å². The first-order valence-electron chi connectivity index (χ1n) is 9.26. The monoisotopic (exact) mass is 451 g/mol. The largest absolute Gasteiger partial charge is 0.489 e. The summed E-state index contributed by atoms with van der Waals surface area (Å²) in [4.78, 5) is 13.1. The second-order valence-corrected chi connectivity index (χ2v) is 7.89. The lowest BCUT2D eigenvalue weighted by Crippen LogP contribution is -2.46. The van der Waals surface area contributed by atoms with Crippen LogP contribution in [-0.4, -0.2) is 19.3 Å². The molecular formula is C23H18BrNO4. The number of ether oxygens (including phenoxy) is 3. The van der Waals surface area contributed by atoms with Crippen LogP contribution in [0.2, 0.25) is 0 Å². The third kappa shape index (κ3) is 2.63. The van der Waals surface area contributed by atoms with Crippen LogP contribution in [0.25, 0.3) is 0 Å². The molecule has 2 atom stereocenters. The van der Waals surface area contributed by atoms with Crippen molar-refractivity contribution in [3.8, 4) is 11.5 Å². The van der Waals surface area contributed by atoms with Crippen molar-refractivity contribution in [3.05, 3.63) is 87.9 Å². The van der Waals surface area contributed by atoms with Gasteiger partial charge in [-0.3, -0.25) is 4.79 Å². The Labute approximate surface area is 176 Å². The number of rotatable bonds is 4. The van der Waals surface area contributed by atoms with E-state index in [1.807, 2.05) is 66.7 Å². The highest BCUT2D eigenvalue weighted by Gasteiger charge is 2.62. The first kappa shape index (κ1) is 18.1. The molecule has 0 saturated heterocycles. The van der Waals surface area contributed by atoms with Crippen molar-refractivity contribution in [1.29, 1.82) is 0 Å². The van der Waals surface area contributed by atoms with E-state index in [2.05, 4.69) is 21.2 Å². The van der Waals surface area contributed by atoms with E-state index in [-0.39, 0.29) is 5.97 Å².